The van der Waals surface area contributed by atoms with Gasteiger partial charge in [0.15, 0.2) is 11.5 Å². The van der Waals surface area contributed by atoms with Crippen LogP contribution in [0.15, 0.2) is 29.6 Å². The number of unbranched alkanes of at least 4 members (excludes halogenated alkanes) is 1. The van der Waals surface area contributed by atoms with Crippen molar-refractivity contribution in [2.45, 2.75) is 32.2 Å². The second kappa shape index (κ2) is 7.37. The molecule has 0 aliphatic carbocycles. The van der Waals surface area contributed by atoms with Gasteiger partial charge in [0.25, 0.3) is 0 Å². The van der Waals surface area contributed by atoms with Crippen LogP contribution in [-0.2, 0) is 6.42 Å². The van der Waals surface area contributed by atoms with E-state index in [-0.39, 0.29) is 0 Å². The smallest absolute Gasteiger partial charge is 0.161 e. The van der Waals surface area contributed by atoms with Crippen molar-refractivity contribution in [1.82, 2.24) is 4.90 Å². The van der Waals surface area contributed by atoms with Crippen LogP contribution in [0.4, 0.5) is 0 Å². The maximum Gasteiger partial charge on any atom is 0.161 e. The molecule has 1 aliphatic rings. The van der Waals surface area contributed by atoms with E-state index in [0.29, 0.717) is 6.04 Å². The van der Waals surface area contributed by atoms with Crippen LogP contribution in [-0.4, -0.2) is 32.2 Å². The Morgan fingerprint density at radius 1 is 1.22 bits per heavy atom. The van der Waals surface area contributed by atoms with Gasteiger partial charge in [-0.25, -0.2) is 0 Å². The predicted molar refractivity (Wildman–Crippen MR) is 95.9 cm³/mol. The number of benzene rings is 1. The number of hydrogen-bond acceptors (Lipinski definition) is 4. The molecular weight excluding hydrogens is 306 g/mol. The Balaban J connectivity index is 2.04. The van der Waals surface area contributed by atoms with Crippen molar-refractivity contribution < 1.29 is 9.47 Å². The lowest BCUT2D eigenvalue weighted by Crippen LogP contribution is -2.36. The van der Waals surface area contributed by atoms with E-state index in [0.717, 1.165) is 31.0 Å². The van der Waals surface area contributed by atoms with Crippen molar-refractivity contribution in [3.05, 3.63) is 45.6 Å². The van der Waals surface area contributed by atoms with E-state index in [2.05, 4.69) is 41.5 Å². The highest BCUT2D eigenvalue weighted by Crippen LogP contribution is 2.42. The molecule has 1 aromatic carbocycles. The third-order valence-electron chi connectivity index (χ3n) is 4.59. The highest BCUT2D eigenvalue weighted by Gasteiger charge is 2.30. The summed E-state index contributed by atoms with van der Waals surface area (Å²) in [5.74, 6) is 1.66. The van der Waals surface area contributed by atoms with Crippen LogP contribution in [0.3, 0.4) is 0 Å². The van der Waals surface area contributed by atoms with Gasteiger partial charge < -0.3 is 9.47 Å². The molecule has 3 rings (SSSR count). The minimum absolute atomic E-state index is 0.338. The summed E-state index contributed by atoms with van der Waals surface area (Å²) in [6.07, 6.45) is 3.54. The summed E-state index contributed by atoms with van der Waals surface area (Å²) in [6, 6.07) is 9.07. The molecule has 0 fully saturated rings. The number of ether oxygens (including phenoxy) is 2. The Bertz CT molecular complexity index is 639. The standard InChI is InChI=1S/C19H25NO2S/c1-4-5-9-20-10-8-14-12-16(21-2)17(22-3)13-15(14)19(20)18-7-6-11-23-18/h6-7,11-13,19H,4-5,8-10H2,1-3H3. The first kappa shape index (κ1) is 16.3. The maximum absolute atomic E-state index is 5.54. The normalized spacial score (nSPS) is 17.8. The maximum atomic E-state index is 5.54. The van der Waals surface area contributed by atoms with Gasteiger partial charge in [0.05, 0.1) is 20.3 Å². The molecule has 3 nitrogen and oxygen atoms in total. The number of rotatable bonds is 6. The van der Waals surface area contributed by atoms with Gasteiger partial charge in [-0.2, -0.15) is 0 Å². The zero-order valence-electron chi connectivity index (χ0n) is 14.2. The Morgan fingerprint density at radius 3 is 2.65 bits per heavy atom. The molecule has 23 heavy (non-hydrogen) atoms. The Morgan fingerprint density at radius 2 is 2.00 bits per heavy atom. The molecule has 1 atom stereocenters. The van der Waals surface area contributed by atoms with Gasteiger partial charge in [-0.1, -0.05) is 19.4 Å². The number of hydrogen-bond donors (Lipinski definition) is 0. The summed E-state index contributed by atoms with van der Waals surface area (Å²) < 4.78 is 11.0. The molecule has 2 heterocycles. The van der Waals surface area contributed by atoms with Gasteiger partial charge in [-0.05, 0) is 54.1 Å². The summed E-state index contributed by atoms with van der Waals surface area (Å²) in [7, 11) is 3.42. The molecule has 0 N–H and O–H groups in total. The highest BCUT2D eigenvalue weighted by atomic mass is 32.1. The first-order chi connectivity index (χ1) is 11.3. The first-order valence-corrected chi connectivity index (χ1v) is 9.18. The number of thiophene rings is 1. The van der Waals surface area contributed by atoms with Crippen LogP contribution in [0.25, 0.3) is 0 Å². The van der Waals surface area contributed by atoms with Crippen LogP contribution in [0.2, 0.25) is 0 Å². The fraction of sp³-hybridized carbons (Fsp3) is 0.474. The van der Waals surface area contributed by atoms with E-state index in [9.17, 15) is 0 Å². The number of methoxy groups -OCH3 is 2. The van der Waals surface area contributed by atoms with E-state index in [1.807, 2.05) is 11.3 Å². The highest BCUT2D eigenvalue weighted by molar-refractivity contribution is 7.10. The summed E-state index contributed by atoms with van der Waals surface area (Å²) in [6.45, 7) is 4.50. The average molecular weight is 331 g/mol. The van der Waals surface area contributed by atoms with Crippen LogP contribution in [0.5, 0.6) is 11.5 Å². The minimum atomic E-state index is 0.338. The van der Waals surface area contributed by atoms with Gasteiger partial charge in [0.1, 0.15) is 0 Å². The lowest BCUT2D eigenvalue weighted by molar-refractivity contribution is 0.212. The summed E-state index contributed by atoms with van der Waals surface area (Å²) in [5, 5.41) is 2.17. The fourth-order valence-electron chi connectivity index (χ4n) is 3.38. The molecule has 0 amide bonds. The topological polar surface area (TPSA) is 21.7 Å². The zero-order chi connectivity index (χ0) is 16.2. The van der Waals surface area contributed by atoms with Crippen LogP contribution in [0, 0.1) is 0 Å². The van der Waals surface area contributed by atoms with E-state index in [1.165, 1.54) is 28.8 Å². The third-order valence-corrected chi connectivity index (χ3v) is 5.51. The van der Waals surface area contributed by atoms with E-state index < -0.39 is 0 Å². The van der Waals surface area contributed by atoms with Crippen molar-refractivity contribution in [3.8, 4) is 11.5 Å². The predicted octanol–water partition coefficient (Wildman–Crippen LogP) is 4.51. The fourth-order valence-corrected chi connectivity index (χ4v) is 4.26. The Labute approximate surface area is 142 Å². The monoisotopic (exact) mass is 331 g/mol. The van der Waals surface area contributed by atoms with Crippen LogP contribution >= 0.6 is 11.3 Å². The largest absolute Gasteiger partial charge is 0.493 e. The third kappa shape index (κ3) is 3.24. The Hall–Kier alpha value is -1.52. The zero-order valence-corrected chi connectivity index (χ0v) is 15.0. The van der Waals surface area contributed by atoms with Gasteiger partial charge in [-0.3, -0.25) is 4.90 Å². The van der Waals surface area contributed by atoms with Crippen molar-refractivity contribution >= 4 is 11.3 Å². The minimum Gasteiger partial charge on any atom is -0.493 e. The van der Waals surface area contributed by atoms with Crippen LogP contribution in [0.1, 0.15) is 41.8 Å². The molecular formula is C19H25NO2S. The SMILES string of the molecule is CCCCN1CCc2cc(OC)c(OC)cc2C1c1cccs1. The molecule has 1 aliphatic heterocycles. The van der Waals surface area contributed by atoms with Crippen molar-refractivity contribution in [1.29, 1.82) is 0 Å². The van der Waals surface area contributed by atoms with E-state index >= 15 is 0 Å². The van der Waals surface area contributed by atoms with Gasteiger partial charge in [-0.15, -0.1) is 11.3 Å². The molecule has 0 bridgehead atoms. The van der Waals surface area contributed by atoms with Crippen molar-refractivity contribution in [2.75, 3.05) is 27.3 Å². The van der Waals surface area contributed by atoms with Gasteiger partial charge in [0.2, 0.25) is 0 Å². The molecule has 1 unspecified atom stereocenters. The summed E-state index contributed by atoms with van der Waals surface area (Å²) in [5.41, 5.74) is 2.75. The van der Waals surface area contributed by atoms with Crippen molar-refractivity contribution in [2.24, 2.45) is 0 Å². The molecule has 0 radical (unpaired) electrons. The number of nitrogens with zero attached hydrogens (tertiary/aromatic N) is 1. The van der Waals surface area contributed by atoms with Gasteiger partial charge in [0, 0.05) is 11.4 Å². The van der Waals surface area contributed by atoms with Crippen LogP contribution < -0.4 is 9.47 Å². The molecule has 0 saturated heterocycles. The molecule has 2 aromatic rings. The lowest BCUT2D eigenvalue weighted by atomic mass is 9.90. The van der Waals surface area contributed by atoms with E-state index in [4.69, 9.17) is 9.47 Å². The molecule has 124 valence electrons. The summed E-state index contributed by atoms with van der Waals surface area (Å²) in [4.78, 5) is 4.03. The van der Waals surface area contributed by atoms with Gasteiger partial charge >= 0.3 is 0 Å². The molecule has 0 spiro atoms. The molecule has 4 heteroatoms. The second-order valence-corrected chi connectivity index (χ2v) is 6.94. The van der Waals surface area contributed by atoms with Crippen molar-refractivity contribution in [3.63, 3.8) is 0 Å². The second-order valence-electron chi connectivity index (χ2n) is 5.96. The summed E-state index contributed by atoms with van der Waals surface area (Å²) >= 11 is 1.84. The number of fused-ring (bicyclic) bond motifs is 1. The van der Waals surface area contributed by atoms with E-state index in [1.54, 1.807) is 14.2 Å². The quantitative estimate of drug-likeness (QED) is 0.777. The average Bonchev–Trinajstić information content (AvgIpc) is 3.12. The first-order valence-electron chi connectivity index (χ1n) is 8.30. The molecule has 1 aromatic heterocycles. The molecule has 0 saturated carbocycles. The lowest BCUT2D eigenvalue weighted by Gasteiger charge is -2.37. The Kier molecular flexibility index (Phi) is 5.23.